The number of aliphatic hydroxyl groups excluding tert-OH is 1. The lowest BCUT2D eigenvalue weighted by Crippen LogP contribution is -2.47. The molecule has 0 aliphatic heterocycles. The van der Waals surface area contributed by atoms with E-state index in [-0.39, 0.29) is 6.10 Å². The molecule has 4 aliphatic carbocycles. The van der Waals surface area contributed by atoms with Crippen LogP contribution in [0.3, 0.4) is 0 Å². The molecule has 1 N–H and O–H groups in total. The number of hydrogen-bond acceptors (Lipinski definition) is 2. The first-order valence-electron chi connectivity index (χ1n) is 8.17. The van der Waals surface area contributed by atoms with Crippen molar-refractivity contribution in [2.24, 2.45) is 29.6 Å². The van der Waals surface area contributed by atoms with E-state index in [0.29, 0.717) is 5.92 Å². The molecular formula is C18H23BrO2. The maximum Gasteiger partial charge on any atom is 0.120 e. The molecule has 3 heteroatoms. The summed E-state index contributed by atoms with van der Waals surface area (Å²) in [5.41, 5.74) is 1.04. The number of hydrogen-bond donors (Lipinski definition) is 1. The van der Waals surface area contributed by atoms with Crippen LogP contribution in [0.15, 0.2) is 22.7 Å². The molecule has 1 aromatic carbocycles. The Bertz CT molecular complexity index is 514. The van der Waals surface area contributed by atoms with Gasteiger partial charge < -0.3 is 9.84 Å². The lowest BCUT2D eigenvalue weighted by molar-refractivity contribution is -0.0909. The fourth-order valence-electron chi connectivity index (χ4n) is 5.56. The van der Waals surface area contributed by atoms with Crippen molar-refractivity contribution < 1.29 is 9.84 Å². The fourth-order valence-corrected chi connectivity index (χ4v) is 6.16. The first-order valence-corrected chi connectivity index (χ1v) is 8.96. The Morgan fingerprint density at radius 1 is 1.10 bits per heavy atom. The van der Waals surface area contributed by atoms with Crippen LogP contribution in [0.1, 0.15) is 43.8 Å². The molecular weight excluding hydrogens is 328 g/mol. The predicted molar refractivity (Wildman–Crippen MR) is 86.2 cm³/mol. The summed E-state index contributed by atoms with van der Waals surface area (Å²) in [4.78, 5) is 0. The average molecular weight is 351 g/mol. The molecule has 4 fully saturated rings. The van der Waals surface area contributed by atoms with Crippen LogP contribution in [0.25, 0.3) is 0 Å². The molecule has 0 heterocycles. The highest BCUT2D eigenvalue weighted by molar-refractivity contribution is 9.10. The van der Waals surface area contributed by atoms with Crippen LogP contribution in [0.2, 0.25) is 0 Å². The Morgan fingerprint density at radius 3 is 2.24 bits per heavy atom. The molecule has 2 nitrogen and oxygen atoms in total. The zero-order valence-electron chi connectivity index (χ0n) is 12.5. The van der Waals surface area contributed by atoms with Crippen molar-refractivity contribution in [2.45, 2.75) is 38.2 Å². The van der Waals surface area contributed by atoms with Crippen LogP contribution >= 0.6 is 15.9 Å². The van der Waals surface area contributed by atoms with E-state index in [4.69, 9.17) is 4.74 Å². The van der Waals surface area contributed by atoms with Gasteiger partial charge in [-0.1, -0.05) is 22.0 Å². The monoisotopic (exact) mass is 350 g/mol. The smallest absolute Gasteiger partial charge is 0.120 e. The minimum atomic E-state index is -0.333. The van der Waals surface area contributed by atoms with Gasteiger partial charge in [-0.25, -0.2) is 0 Å². The first kappa shape index (κ1) is 14.1. The summed E-state index contributed by atoms with van der Waals surface area (Å²) < 4.78 is 6.23. The van der Waals surface area contributed by atoms with Crippen molar-refractivity contribution in [1.82, 2.24) is 0 Å². The zero-order valence-corrected chi connectivity index (χ0v) is 14.1. The Kier molecular flexibility index (Phi) is 3.54. The molecule has 21 heavy (non-hydrogen) atoms. The highest BCUT2D eigenvalue weighted by Crippen LogP contribution is 2.59. The topological polar surface area (TPSA) is 29.5 Å². The van der Waals surface area contributed by atoms with Gasteiger partial charge in [0.1, 0.15) is 5.75 Å². The van der Waals surface area contributed by atoms with E-state index in [9.17, 15) is 5.11 Å². The van der Waals surface area contributed by atoms with Crippen molar-refractivity contribution in [3.63, 3.8) is 0 Å². The molecule has 0 saturated heterocycles. The van der Waals surface area contributed by atoms with E-state index in [1.807, 2.05) is 18.2 Å². The molecule has 0 radical (unpaired) electrons. The number of halogens is 1. The number of benzene rings is 1. The van der Waals surface area contributed by atoms with Crippen molar-refractivity contribution in [3.8, 4) is 5.75 Å². The quantitative estimate of drug-likeness (QED) is 0.865. The summed E-state index contributed by atoms with van der Waals surface area (Å²) in [5.74, 6) is 4.69. The molecule has 5 rings (SSSR count). The second kappa shape index (κ2) is 5.27. The SMILES string of the molecule is COc1ccc(C(O)C2C3CC4CC(C3)CC2C4)c(Br)c1. The van der Waals surface area contributed by atoms with Crippen molar-refractivity contribution in [3.05, 3.63) is 28.2 Å². The number of rotatable bonds is 3. The molecule has 0 amide bonds. The molecule has 0 aromatic heterocycles. The summed E-state index contributed by atoms with van der Waals surface area (Å²) in [6.45, 7) is 0. The Balaban J connectivity index is 1.61. The van der Waals surface area contributed by atoms with E-state index in [0.717, 1.165) is 39.5 Å². The van der Waals surface area contributed by atoms with Crippen LogP contribution in [0, 0.1) is 29.6 Å². The maximum absolute atomic E-state index is 11.0. The van der Waals surface area contributed by atoms with Gasteiger partial charge >= 0.3 is 0 Å². The van der Waals surface area contributed by atoms with Gasteiger partial charge in [0.25, 0.3) is 0 Å². The van der Waals surface area contributed by atoms with Gasteiger partial charge in [-0.3, -0.25) is 0 Å². The molecule has 1 unspecified atom stereocenters. The van der Waals surface area contributed by atoms with Gasteiger partial charge in [0, 0.05) is 4.47 Å². The lowest BCUT2D eigenvalue weighted by Gasteiger charge is -2.55. The summed E-state index contributed by atoms with van der Waals surface area (Å²) in [5, 5.41) is 11.0. The minimum Gasteiger partial charge on any atom is -0.497 e. The second-order valence-electron chi connectivity index (χ2n) is 7.34. The highest BCUT2D eigenvalue weighted by atomic mass is 79.9. The standard InChI is InChI=1S/C18H23BrO2/c1-21-14-2-3-15(16(19)9-14)18(20)17-12-5-10-4-11(7-12)8-13(17)6-10/h2-3,9-13,17-18,20H,4-8H2,1H3. The van der Waals surface area contributed by atoms with Crippen LogP contribution in [-0.2, 0) is 0 Å². The highest BCUT2D eigenvalue weighted by Gasteiger charge is 2.50. The van der Waals surface area contributed by atoms with Gasteiger partial charge in [0.15, 0.2) is 0 Å². The summed E-state index contributed by atoms with van der Waals surface area (Å²) in [7, 11) is 1.68. The lowest BCUT2D eigenvalue weighted by atomic mass is 9.50. The second-order valence-corrected chi connectivity index (χ2v) is 8.19. The van der Waals surface area contributed by atoms with Gasteiger partial charge in [0.05, 0.1) is 13.2 Å². The average Bonchev–Trinajstić information content (AvgIpc) is 2.45. The van der Waals surface area contributed by atoms with E-state index < -0.39 is 0 Å². The van der Waals surface area contributed by atoms with Crippen LogP contribution < -0.4 is 4.74 Å². The van der Waals surface area contributed by atoms with E-state index >= 15 is 0 Å². The van der Waals surface area contributed by atoms with Gasteiger partial charge in [-0.15, -0.1) is 0 Å². The van der Waals surface area contributed by atoms with Crippen LogP contribution in [0.4, 0.5) is 0 Å². The predicted octanol–water partition coefficient (Wildman–Crippen LogP) is 4.56. The first-order chi connectivity index (χ1) is 10.2. The Hall–Kier alpha value is -0.540. The molecule has 4 bridgehead atoms. The van der Waals surface area contributed by atoms with E-state index in [2.05, 4.69) is 15.9 Å². The molecule has 1 atom stereocenters. The van der Waals surface area contributed by atoms with Crippen molar-refractivity contribution in [2.75, 3.05) is 7.11 Å². The summed E-state index contributed by atoms with van der Waals surface area (Å²) in [6.07, 6.45) is 6.53. The van der Waals surface area contributed by atoms with Crippen LogP contribution in [-0.4, -0.2) is 12.2 Å². The Labute approximate surface area is 135 Å². The van der Waals surface area contributed by atoms with E-state index in [1.165, 1.54) is 32.1 Å². The number of ether oxygens (including phenoxy) is 1. The third-order valence-electron chi connectivity index (χ3n) is 6.19. The van der Waals surface area contributed by atoms with Crippen molar-refractivity contribution in [1.29, 1.82) is 0 Å². The zero-order chi connectivity index (χ0) is 14.6. The largest absolute Gasteiger partial charge is 0.497 e. The summed E-state index contributed by atoms with van der Waals surface area (Å²) in [6, 6.07) is 5.95. The van der Waals surface area contributed by atoms with Gasteiger partial charge in [0.2, 0.25) is 0 Å². The molecule has 0 spiro atoms. The van der Waals surface area contributed by atoms with E-state index in [1.54, 1.807) is 7.11 Å². The number of aliphatic hydroxyl groups is 1. The number of methoxy groups -OCH3 is 1. The van der Waals surface area contributed by atoms with Crippen molar-refractivity contribution >= 4 is 15.9 Å². The van der Waals surface area contributed by atoms with Gasteiger partial charge in [-0.05, 0) is 79.4 Å². The third kappa shape index (κ3) is 2.33. The van der Waals surface area contributed by atoms with Gasteiger partial charge in [-0.2, -0.15) is 0 Å². The minimum absolute atomic E-state index is 0.333. The molecule has 1 aromatic rings. The van der Waals surface area contributed by atoms with Crippen LogP contribution in [0.5, 0.6) is 5.75 Å². The normalized spacial score (nSPS) is 38.5. The maximum atomic E-state index is 11.0. The molecule has 4 saturated carbocycles. The third-order valence-corrected chi connectivity index (χ3v) is 6.88. The fraction of sp³-hybridized carbons (Fsp3) is 0.667. The molecule has 114 valence electrons. The Morgan fingerprint density at radius 2 is 1.71 bits per heavy atom. The molecule has 4 aliphatic rings. The summed E-state index contributed by atoms with van der Waals surface area (Å²) >= 11 is 3.62.